The van der Waals surface area contributed by atoms with Gasteiger partial charge in [-0.1, -0.05) is 29.8 Å². The van der Waals surface area contributed by atoms with Crippen molar-refractivity contribution in [3.05, 3.63) is 52.1 Å². The first-order valence-corrected chi connectivity index (χ1v) is 7.55. The van der Waals surface area contributed by atoms with Gasteiger partial charge in [-0.3, -0.25) is 0 Å². The van der Waals surface area contributed by atoms with Gasteiger partial charge in [-0.05, 0) is 6.07 Å². The van der Waals surface area contributed by atoms with Gasteiger partial charge >= 0.3 is 0 Å². The molecule has 1 aromatic carbocycles. The molecular weight excluding hydrogens is 280 g/mol. The van der Waals surface area contributed by atoms with E-state index in [9.17, 15) is 0 Å². The minimum Gasteiger partial charge on any atom is -0.496 e. The smallest absolute Gasteiger partial charge is 0.137 e. The van der Waals surface area contributed by atoms with Crippen molar-refractivity contribution < 1.29 is 4.74 Å². The van der Waals surface area contributed by atoms with Crippen LogP contribution in [0, 0.1) is 0 Å². The molecule has 0 N–H and O–H groups in total. The summed E-state index contributed by atoms with van der Waals surface area (Å²) in [5.41, 5.74) is 3.25. The number of thioether (sulfide) groups is 1. The lowest BCUT2D eigenvalue weighted by Crippen LogP contribution is -2.03. The maximum absolute atomic E-state index is 6.22. The number of methoxy groups -OCH3 is 1. The number of rotatable bonds is 3. The Kier molecular flexibility index (Phi) is 3.62. The monoisotopic (exact) mass is 292 g/mol. The van der Waals surface area contributed by atoms with Crippen molar-refractivity contribution in [3.63, 3.8) is 0 Å². The summed E-state index contributed by atoms with van der Waals surface area (Å²) in [5.74, 6) is 3.47. The van der Waals surface area contributed by atoms with E-state index >= 15 is 0 Å². The van der Waals surface area contributed by atoms with Crippen LogP contribution in [0.5, 0.6) is 5.75 Å². The first-order valence-electron chi connectivity index (χ1n) is 6.01. The molecular formula is C14H13ClN2OS. The first-order chi connectivity index (χ1) is 9.28. The maximum Gasteiger partial charge on any atom is 0.137 e. The Bertz CT molecular complexity index is 618. The van der Waals surface area contributed by atoms with Gasteiger partial charge in [0.1, 0.15) is 16.7 Å². The van der Waals surface area contributed by atoms with Crippen molar-refractivity contribution in [2.24, 2.45) is 0 Å². The highest BCUT2D eigenvalue weighted by Gasteiger charge is 2.19. The molecule has 0 unspecified atom stereocenters. The number of hydrogen-bond acceptors (Lipinski definition) is 4. The molecule has 0 saturated heterocycles. The molecule has 0 spiro atoms. The predicted octanol–water partition coefficient (Wildman–Crippen LogP) is 3.48. The molecule has 3 rings (SSSR count). The van der Waals surface area contributed by atoms with Gasteiger partial charge in [-0.25, -0.2) is 9.97 Å². The average molecular weight is 293 g/mol. The van der Waals surface area contributed by atoms with Gasteiger partial charge in [0.05, 0.1) is 12.8 Å². The Morgan fingerprint density at radius 1 is 1.26 bits per heavy atom. The topological polar surface area (TPSA) is 35.0 Å². The molecule has 0 fully saturated rings. The largest absolute Gasteiger partial charge is 0.496 e. The minimum absolute atomic E-state index is 0.597. The maximum atomic E-state index is 6.22. The minimum atomic E-state index is 0.597. The quantitative estimate of drug-likeness (QED) is 0.811. The van der Waals surface area contributed by atoms with Crippen LogP contribution in [0.4, 0.5) is 0 Å². The summed E-state index contributed by atoms with van der Waals surface area (Å²) in [6.07, 6.45) is 0.641. The third-order valence-corrected chi connectivity index (χ3v) is 4.40. The fourth-order valence-corrected chi connectivity index (χ4v) is 3.55. The average Bonchev–Trinajstić information content (AvgIpc) is 2.88. The standard InChI is InChI=1S/C14H13ClN2OS/c1-18-12-5-3-2-4-9(12)6-13-16-11-8-19-7-10(11)14(15)17-13/h2-5H,6-8H2,1H3. The third kappa shape index (κ3) is 2.55. The van der Waals surface area contributed by atoms with E-state index in [1.807, 2.05) is 36.0 Å². The van der Waals surface area contributed by atoms with Crippen LogP contribution in [-0.4, -0.2) is 17.1 Å². The van der Waals surface area contributed by atoms with Gasteiger partial charge in [0, 0.05) is 29.1 Å². The van der Waals surface area contributed by atoms with Crippen LogP contribution < -0.4 is 4.74 Å². The molecule has 3 nitrogen and oxygen atoms in total. The molecule has 5 heteroatoms. The van der Waals surface area contributed by atoms with Crippen LogP contribution in [-0.2, 0) is 17.9 Å². The molecule has 1 aliphatic heterocycles. The number of benzene rings is 1. The van der Waals surface area contributed by atoms with E-state index in [1.54, 1.807) is 7.11 Å². The lowest BCUT2D eigenvalue weighted by molar-refractivity contribution is 0.410. The number of para-hydroxylation sites is 1. The zero-order chi connectivity index (χ0) is 13.2. The van der Waals surface area contributed by atoms with Gasteiger partial charge < -0.3 is 4.74 Å². The van der Waals surface area contributed by atoms with Crippen molar-refractivity contribution >= 4 is 23.4 Å². The van der Waals surface area contributed by atoms with Gasteiger partial charge in [0.15, 0.2) is 0 Å². The SMILES string of the molecule is COc1ccccc1Cc1nc(Cl)c2c(n1)CSC2. The molecule has 0 aliphatic carbocycles. The zero-order valence-corrected chi connectivity index (χ0v) is 12.1. The lowest BCUT2D eigenvalue weighted by atomic mass is 10.1. The van der Waals surface area contributed by atoms with Crippen molar-refractivity contribution in [2.75, 3.05) is 7.11 Å². The number of ether oxygens (including phenoxy) is 1. The van der Waals surface area contributed by atoms with Crippen LogP contribution >= 0.6 is 23.4 Å². The van der Waals surface area contributed by atoms with Gasteiger partial charge in [0.25, 0.3) is 0 Å². The van der Waals surface area contributed by atoms with E-state index in [-0.39, 0.29) is 0 Å². The highest BCUT2D eigenvalue weighted by Crippen LogP contribution is 2.33. The molecule has 2 aromatic rings. The lowest BCUT2D eigenvalue weighted by Gasteiger charge is -2.08. The summed E-state index contributed by atoms with van der Waals surface area (Å²) in [5, 5.41) is 0.597. The summed E-state index contributed by atoms with van der Waals surface area (Å²) >= 11 is 8.05. The Morgan fingerprint density at radius 2 is 2.11 bits per heavy atom. The van der Waals surface area contributed by atoms with E-state index in [4.69, 9.17) is 16.3 Å². The Labute approximate surface area is 121 Å². The Morgan fingerprint density at radius 3 is 2.95 bits per heavy atom. The zero-order valence-electron chi connectivity index (χ0n) is 10.5. The normalized spacial score (nSPS) is 13.4. The molecule has 1 aliphatic rings. The first kappa shape index (κ1) is 12.8. The van der Waals surface area contributed by atoms with Crippen molar-refractivity contribution in [3.8, 4) is 5.75 Å². The number of fused-ring (bicyclic) bond motifs is 1. The molecule has 0 radical (unpaired) electrons. The van der Waals surface area contributed by atoms with E-state index in [2.05, 4.69) is 9.97 Å². The number of halogens is 1. The van der Waals surface area contributed by atoms with Crippen LogP contribution in [0.15, 0.2) is 24.3 Å². The highest BCUT2D eigenvalue weighted by atomic mass is 35.5. The molecule has 0 bridgehead atoms. The molecule has 1 aromatic heterocycles. The van der Waals surface area contributed by atoms with E-state index in [0.717, 1.165) is 39.9 Å². The number of aromatic nitrogens is 2. The van der Waals surface area contributed by atoms with E-state index < -0.39 is 0 Å². The fraction of sp³-hybridized carbons (Fsp3) is 0.286. The van der Waals surface area contributed by atoms with Gasteiger partial charge in [-0.15, -0.1) is 0 Å². The molecule has 0 amide bonds. The van der Waals surface area contributed by atoms with Crippen molar-refractivity contribution in [1.82, 2.24) is 9.97 Å². The van der Waals surface area contributed by atoms with Crippen molar-refractivity contribution in [2.45, 2.75) is 17.9 Å². The van der Waals surface area contributed by atoms with Crippen molar-refractivity contribution in [1.29, 1.82) is 0 Å². The van der Waals surface area contributed by atoms with E-state index in [1.165, 1.54) is 0 Å². The second-order valence-electron chi connectivity index (χ2n) is 4.34. The van der Waals surface area contributed by atoms with Crippen LogP contribution in [0.1, 0.15) is 22.6 Å². The second kappa shape index (κ2) is 5.39. The molecule has 0 atom stereocenters. The fourth-order valence-electron chi connectivity index (χ4n) is 2.16. The second-order valence-corrected chi connectivity index (χ2v) is 5.68. The summed E-state index contributed by atoms with van der Waals surface area (Å²) < 4.78 is 5.35. The summed E-state index contributed by atoms with van der Waals surface area (Å²) in [7, 11) is 1.67. The molecule has 0 saturated carbocycles. The predicted molar refractivity (Wildman–Crippen MR) is 77.8 cm³/mol. The van der Waals surface area contributed by atoms with Crippen LogP contribution in [0.2, 0.25) is 5.15 Å². The van der Waals surface area contributed by atoms with Crippen LogP contribution in [0.25, 0.3) is 0 Å². The summed E-state index contributed by atoms with van der Waals surface area (Å²) in [4.78, 5) is 9.01. The van der Waals surface area contributed by atoms with E-state index in [0.29, 0.717) is 11.6 Å². The van der Waals surface area contributed by atoms with Gasteiger partial charge in [0.2, 0.25) is 0 Å². The Balaban J connectivity index is 1.93. The third-order valence-electron chi connectivity index (χ3n) is 3.11. The molecule has 19 heavy (non-hydrogen) atoms. The molecule has 2 heterocycles. The number of hydrogen-bond donors (Lipinski definition) is 0. The summed E-state index contributed by atoms with van der Waals surface area (Å²) in [6, 6.07) is 7.91. The number of nitrogens with zero attached hydrogens (tertiary/aromatic N) is 2. The highest BCUT2D eigenvalue weighted by molar-refractivity contribution is 7.98. The Hall–Kier alpha value is -1.26. The summed E-state index contributed by atoms with van der Waals surface area (Å²) in [6.45, 7) is 0. The molecule has 98 valence electrons. The van der Waals surface area contributed by atoms with Crippen LogP contribution in [0.3, 0.4) is 0 Å². The van der Waals surface area contributed by atoms with Gasteiger partial charge in [-0.2, -0.15) is 11.8 Å².